The molecule has 0 unspecified atom stereocenters. The number of amides is 4. The summed E-state index contributed by atoms with van der Waals surface area (Å²) in [7, 11) is 0. The molecule has 8 nitrogen and oxygen atoms in total. The van der Waals surface area contributed by atoms with Crippen LogP contribution < -0.4 is 10.7 Å². The largest absolute Gasteiger partial charge is 0.462 e. The van der Waals surface area contributed by atoms with Crippen molar-refractivity contribution >= 4 is 29.2 Å². The van der Waals surface area contributed by atoms with Crippen molar-refractivity contribution in [3.05, 3.63) is 29.5 Å². The van der Waals surface area contributed by atoms with Crippen molar-refractivity contribution in [2.24, 2.45) is 0 Å². The Bertz CT molecular complexity index is 823. The van der Waals surface area contributed by atoms with E-state index in [0.29, 0.717) is 23.6 Å². The molecule has 2 N–H and O–H groups in total. The number of rotatable bonds is 3. The number of hydrogen-bond donors (Lipinski definition) is 2. The van der Waals surface area contributed by atoms with Crippen LogP contribution in [0.15, 0.2) is 28.2 Å². The van der Waals surface area contributed by atoms with Crippen molar-refractivity contribution in [3.8, 4) is 10.8 Å². The maximum absolute atomic E-state index is 12.6. The summed E-state index contributed by atoms with van der Waals surface area (Å²) in [4.78, 5) is 41.4. The van der Waals surface area contributed by atoms with E-state index in [-0.39, 0.29) is 5.69 Å². The molecule has 2 aliphatic rings. The maximum Gasteiger partial charge on any atom is 0.344 e. The van der Waals surface area contributed by atoms with E-state index < -0.39 is 23.4 Å². The van der Waals surface area contributed by atoms with Crippen LogP contribution in [0, 0.1) is 0 Å². The van der Waals surface area contributed by atoms with Gasteiger partial charge in [-0.3, -0.25) is 15.0 Å². The van der Waals surface area contributed by atoms with Crippen LogP contribution in [0.4, 0.5) is 4.79 Å². The van der Waals surface area contributed by atoms with Gasteiger partial charge in [0.25, 0.3) is 11.8 Å². The van der Waals surface area contributed by atoms with Crippen LogP contribution in [0.5, 0.6) is 0 Å². The zero-order valence-corrected chi connectivity index (χ0v) is 14.1. The molecular weight excluding hydrogens is 344 g/mol. The number of nitrogens with one attached hydrogen (secondary N) is 2. The number of urea groups is 1. The van der Waals surface area contributed by atoms with Crippen molar-refractivity contribution in [2.45, 2.75) is 37.6 Å². The Morgan fingerprint density at radius 3 is 2.84 bits per heavy atom. The minimum absolute atomic E-state index is 0.126. The second-order valence-electron chi connectivity index (χ2n) is 6.17. The number of nitrogens with zero attached hydrogens (tertiary/aromatic N) is 2. The molecular formula is C16H16N4O4S. The molecule has 2 aromatic rings. The molecule has 1 aliphatic heterocycles. The van der Waals surface area contributed by atoms with E-state index in [4.69, 9.17) is 4.42 Å². The minimum Gasteiger partial charge on any atom is -0.462 e. The standard InChI is InChI=1S/C16H16N4O4S/c21-12(10-9-25-13(17-10)11-5-4-8-24-11)19-20-14(22)16(18-15(20)23)6-2-1-3-7-16/h4-5,8-9H,1-3,6-7H2,(H,18,23)(H,19,21). The maximum atomic E-state index is 12.6. The number of hydrazine groups is 1. The van der Waals surface area contributed by atoms with Gasteiger partial charge in [-0.15, -0.1) is 11.3 Å². The molecule has 1 spiro atoms. The van der Waals surface area contributed by atoms with Crippen LogP contribution >= 0.6 is 11.3 Å². The molecule has 4 rings (SSSR count). The minimum atomic E-state index is -0.871. The summed E-state index contributed by atoms with van der Waals surface area (Å²) in [5.74, 6) is -0.447. The molecule has 130 valence electrons. The lowest BCUT2D eigenvalue weighted by molar-refractivity contribution is -0.134. The van der Waals surface area contributed by atoms with Gasteiger partial charge in [-0.25, -0.2) is 9.78 Å². The lowest BCUT2D eigenvalue weighted by atomic mass is 9.82. The van der Waals surface area contributed by atoms with Crippen LogP contribution in [-0.2, 0) is 4.79 Å². The Hall–Kier alpha value is -2.68. The van der Waals surface area contributed by atoms with E-state index in [0.717, 1.165) is 24.3 Å². The number of aromatic nitrogens is 1. The highest BCUT2D eigenvalue weighted by Gasteiger charge is 2.52. The van der Waals surface area contributed by atoms with E-state index in [9.17, 15) is 14.4 Å². The molecule has 2 aromatic heterocycles. The van der Waals surface area contributed by atoms with E-state index in [2.05, 4.69) is 15.7 Å². The summed E-state index contributed by atoms with van der Waals surface area (Å²) in [5, 5.41) is 5.63. The monoisotopic (exact) mass is 360 g/mol. The van der Waals surface area contributed by atoms with Crippen molar-refractivity contribution in [2.75, 3.05) is 0 Å². The topological polar surface area (TPSA) is 105 Å². The van der Waals surface area contributed by atoms with Crippen LogP contribution in [0.25, 0.3) is 10.8 Å². The lowest BCUT2D eigenvalue weighted by Crippen LogP contribution is -2.51. The third-order valence-electron chi connectivity index (χ3n) is 4.55. The van der Waals surface area contributed by atoms with Crippen LogP contribution in [-0.4, -0.2) is 33.4 Å². The Morgan fingerprint density at radius 2 is 2.12 bits per heavy atom. The van der Waals surface area contributed by atoms with Crippen molar-refractivity contribution < 1.29 is 18.8 Å². The normalized spacial score (nSPS) is 19.3. The smallest absolute Gasteiger partial charge is 0.344 e. The molecule has 0 aromatic carbocycles. The summed E-state index contributed by atoms with van der Waals surface area (Å²) in [6, 6.07) is 2.87. The molecule has 9 heteroatoms. The van der Waals surface area contributed by atoms with Gasteiger partial charge < -0.3 is 9.73 Å². The summed E-state index contributed by atoms with van der Waals surface area (Å²) < 4.78 is 5.24. The second kappa shape index (κ2) is 5.99. The lowest BCUT2D eigenvalue weighted by Gasteiger charge is -2.30. The highest BCUT2D eigenvalue weighted by atomic mass is 32.1. The number of carbonyl (C=O) groups is 3. The predicted octanol–water partition coefficient (Wildman–Crippen LogP) is 2.30. The molecule has 2 fully saturated rings. The number of imide groups is 1. The summed E-state index contributed by atoms with van der Waals surface area (Å²) in [6.45, 7) is 0. The van der Waals surface area contributed by atoms with Crippen molar-refractivity contribution in [3.63, 3.8) is 0 Å². The third kappa shape index (κ3) is 2.70. The van der Waals surface area contributed by atoms with Gasteiger partial charge in [-0.2, -0.15) is 5.01 Å². The van der Waals surface area contributed by atoms with Gasteiger partial charge in [0, 0.05) is 5.38 Å². The number of carbonyl (C=O) groups excluding carboxylic acids is 3. The molecule has 0 atom stereocenters. The fourth-order valence-electron chi connectivity index (χ4n) is 3.27. The molecule has 1 aliphatic carbocycles. The Labute approximate surface area is 147 Å². The number of furan rings is 1. The van der Waals surface area contributed by atoms with E-state index in [1.807, 2.05) is 0 Å². The highest BCUT2D eigenvalue weighted by molar-refractivity contribution is 7.13. The van der Waals surface area contributed by atoms with E-state index in [1.54, 1.807) is 17.5 Å². The SMILES string of the molecule is O=C(NN1C(=O)NC2(CCCCC2)C1=O)c1csc(-c2ccco2)n1. The first-order chi connectivity index (χ1) is 12.1. The average Bonchev–Trinajstić information content (AvgIpc) is 3.33. The molecule has 3 heterocycles. The molecule has 0 radical (unpaired) electrons. The molecule has 25 heavy (non-hydrogen) atoms. The van der Waals surface area contributed by atoms with Gasteiger partial charge in [0.1, 0.15) is 11.2 Å². The summed E-state index contributed by atoms with van der Waals surface area (Å²) in [5.41, 5.74) is 1.63. The Balaban J connectivity index is 1.49. The van der Waals surface area contributed by atoms with Crippen molar-refractivity contribution in [1.29, 1.82) is 0 Å². The highest BCUT2D eigenvalue weighted by Crippen LogP contribution is 2.33. The fraction of sp³-hybridized carbons (Fsp3) is 0.375. The molecule has 1 saturated carbocycles. The summed E-state index contributed by atoms with van der Waals surface area (Å²) in [6.07, 6.45) is 5.53. The fourth-order valence-corrected chi connectivity index (χ4v) is 4.03. The van der Waals surface area contributed by atoms with Crippen LogP contribution in [0.2, 0.25) is 0 Å². The summed E-state index contributed by atoms with van der Waals surface area (Å²) >= 11 is 1.25. The number of thiazole rings is 1. The van der Waals surface area contributed by atoms with Gasteiger partial charge >= 0.3 is 6.03 Å². The van der Waals surface area contributed by atoms with Gasteiger partial charge in [0.05, 0.1) is 6.26 Å². The first-order valence-corrected chi connectivity index (χ1v) is 8.94. The zero-order valence-electron chi connectivity index (χ0n) is 13.3. The average molecular weight is 360 g/mol. The van der Waals surface area contributed by atoms with Gasteiger partial charge in [0.15, 0.2) is 10.8 Å². The molecule has 1 saturated heterocycles. The predicted molar refractivity (Wildman–Crippen MR) is 88.5 cm³/mol. The van der Waals surface area contributed by atoms with Crippen LogP contribution in [0.1, 0.15) is 42.6 Å². The quantitative estimate of drug-likeness (QED) is 0.817. The second-order valence-corrected chi connectivity index (χ2v) is 7.03. The number of hydrogen-bond acceptors (Lipinski definition) is 6. The van der Waals surface area contributed by atoms with Crippen molar-refractivity contribution in [1.82, 2.24) is 20.7 Å². The Kier molecular flexibility index (Phi) is 3.79. The van der Waals surface area contributed by atoms with E-state index >= 15 is 0 Å². The van der Waals surface area contributed by atoms with Gasteiger partial charge in [-0.1, -0.05) is 19.3 Å². The van der Waals surface area contributed by atoms with Crippen LogP contribution in [0.3, 0.4) is 0 Å². The van der Waals surface area contributed by atoms with Gasteiger partial charge in [0.2, 0.25) is 0 Å². The zero-order chi connectivity index (χ0) is 17.4. The van der Waals surface area contributed by atoms with E-state index in [1.165, 1.54) is 17.6 Å². The first kappa shape index (κ1) is 15.8. The van der Waals surface area contributed by atoms with Gasteiger partial charge in [-0.05, 0) is 25.0 Å². The Morgan fingerprint density at radius 1 is 1.32 bits per heavy atom. The first-order valence-electron chi connectivity index (χ1n) is 8.06. The molecule has 4 amide bonds. The molecule has 0 bridgehead atoms. The third-order valence-corrected chi connectivity index (χ3v) is 5.41.